The maximum atomic E-state index is 14.2. The SMILES string of the molecule is CCCCOC(=O)c1ccc(-c2ccc(/C=c3\sc4n(c3=O)[C@H](c3ccc(OC)cc3)C(C(=O)OCC)=C(c3ccccc3)N=4)o2)cc1. The van der Waals surface area contributed by atoms with Crippen LogP contribution in [0, 0.1) is 0 Å². The van der Waals surface area contributed by atoms with Crippen molar-refractivity contribution in [2.75, 3.05) is 20.3 Å². The van der Waals surface area contributed by atoms with Crippen LogP contribution >= 0.6 is 11.3 Å². The van der Waals surface area contributed by atoms with Crippen molar-refractivity contribution >= 4 is 35.0 Å². The van der Waals surface area contributed by atoms with Gasteiger partial charge in [0.25, 0.3) is 5.56 Å². The van der Waals surface area contributed by atoms with Crippen LogP contribution in [0.15, 0.2) is 111 Å². The Bertz CT molecular complexity index is 2140. The maximum Gasteiger partial charge on any atom is 0.338 e. The highest BCUT2D eigenvalue weighted by atomic mass is 32.1. The molecule has 6 rings (SSSR count). The van der Waals surface area contributed by atoms with E-state index in [1.165, 1.54) is 11.3 Å². The molecule has 0 N–H and O–H groups in total. The summed E-state index contributed by atoms with van der Waals surface area (Å²) in [6, 6.07) is 26.4. The molecule has 0 radical (unpaired) electrons. The van der Waals surface area contributed by atoms with Gasteiger partial charge in [-0.2, -0.15) is 0 Å². The van der Waals surface area contributed by atoms with Crippen molar-refractivity contribution in [3.8, 4) is 17.1 Å². The van der Waals surface area contributed by atoms with Gasteiger partial charge < -0.3 is 18.6 Å². The number of unbranched alkanes of at least 4 members (excludes halogenated alkanes) is 1. The topological polar surface area (TPSA) is 109 Å². The van der Waals surface area contributed by atoms with Crippen molar-refractivity contribution in [3.63, 3.8) is 0 Å². The Morgan fingerprint density at radius 1 is 0.896 bits per heavy atom. The Hall–Kier alpha value is -5.48. The van der Waals surface area contributed by atoms with Crippen molar-refractivity contribution in [2.24, 2.45) is 4.99 Å². The standard InChI is InChI=1S/C38H34N2O7S/c1-4-6-22-46-36(42)27-14-12-24(13-15-27)30-21-20-29(47-30)23-31-35(41)40-34(26-16-18-28(44-3)19-17-26)32(37(43)45-5-2)33(39-38(40)48-31)25-10-8-7-9-11-25/h7-21,23,34H,4-6,22H2,1-3H3/b31-23-/t34-/m1/s1. The zero-order chi connectivity index (χ0) is 33.6. The molecular formula is C38H34N2O7S. The first-order valence-corrected chi connectivity index (χ1v) is 16.5. The minimum absolute atomic E-state index is 0.163. The number of carbonyl (C=O) groups is 2. The molecular weight excluding hydrogens is 628 g/mol. The molecule has 244 valence electrons. The summed E-state index contributed by atoms with van der Waals surface area (Å²) in [4.78, 5) is 45.4. The van der Waals surface area contributed by atoms with E-state index < -0.39 is 12.0 Å². The number of esters is 2. The number of ether oxygens (including phenoxy) is 3. The van der Waals surface area contributed by atoms with Crippen LogP contribution in [-0.4, -0.2) is 36.8 Å². The Morgan fingerprint density at radius 3 is 2.33 bits per heavy atom. The molecule has 10 heteroatoms. The summed E-state index contributed by atoms with van der Waals surface area (Å²) in [6.45, 7) is 4.34. The summed E-state index contributed by atoms with van der Waals surface area (Å²) in [5.41, 5.74) is 3.06. The lowest BCUT2D eigenvalue weighted by Crippen LogP contribution is -2.40. The van der Waals surface area contributed by atoms with Crippen molar-refractivity contribution in [3.05, 3.63) is 139 Å². The lowest BCUT2D eigenvalue weighted by atomic mass is 9.93. The van der Waals surface area contributed by atoms with Crippen LogP contribution in [-0.2, 0) is 14.3 Å². The molecule has 0 aliphatic carbocycles. The molecule has 3 aromatic carbocycles. The maximum absolute atomic E-state index is 14.2. The zero-order valence-corrected chi connectivity index (χ0v) is 27.6. The molecule has 5 aromatic rings. The number of rotatable bonds is 11. The number of nitrogens with zero attached hydrogens (tertiary/aromatic N) is 2. The predicted octanol–water partition coefficient (Wildman–Crippen LogP) is 6.16. The van der Waals surface area contributed by atoms with Crippen LogP contribution in [0.2, 0.25) is 0 Å². The van der Waals surface area contributed by atoms with E-state index in [1.807, 2.05) is 55.5 Å². The monoisotopic (exact) mass is 662 g/mol. The van der Waals surface area contributed by atoms with Crippen LogP contribution in [0.3, 0.4) is 0 Å². The molecule has 0 bridgehead atoms. The number of furan rings is 1. The molecule has 0 spiro atoms. The van der Waals surface area contributed by atoms with Gasteiger partial charge in [-0.25, -0.2) is 14.6 Å². The minimum atomic E-state index is -0.803. The normalized spacial score (nSPS) is 14.3. The molecule has 1 aliphatic heterocycles. The van der Waals surface area contributed by atoms with E-state index >= 15 is 0 Å². The second-order valence-electron chi connectivity index (χ2n) is 11.0. The molecule has 2 aromatic heterocycles. The van der Waals surface area contributed by atoms with Gasteiger partial charge in [0.15, 0.2) is 4.80 Å². The van der Waals surface area contributed by atoms with E-state index in [4.69, 9.17) is 23.6 Å². The van der Waals surface area contributed by atoms with Crippen molar-refractivity contribution in [1.82, 2.24) is 4.57 Å². The molecule has 0 saturated carbocycles. The smallest absolute Gasteiger partial charge is 0.338 e. The molecule has 0 fully saturated rings. The van der Waals surface area contributed by atoms with E-state index in [-0.39, 0.29) is 23.7 Å². The Morgan fingerprint density at radius 2 is 1.65 bits per heavy atom. The highest BCUT2D eigenvalue weighted by molar-refractivity contribution is 7.07. The highest BCUT2D eigenvalue weighted by Crippen LogP contribution is 2.35. The Kier molecular flexibility index (Phi) is 9.82. The van der Waals surface area contributed by atoms with E-state index in [2.05, 4.69) is 0 Å². The molecule has 0 amide bonds. The molecule has 0 saturated heterocycles. The average molecular weight is 663 g/mol. The highest BCUT2D eigenvalue weighted by Gasteiger charge is 2.35. The molecule has 48 heavy (non-hydrogen) atoms. The second-order valence-corrected chi connectivity index (χ2v) is 12.0. The summed E-state index contributed by atoms with van der Waals surface area (Å²) in [5.74, 6) is 0.775. The summed E-state index contributed by atoms with van der Waals surface area (Å²) < 4.78 is 24.2. The van der Waals surface area contributed by atoms with Crippen LogP contribution in [0.1, 0.15) is 60.0 Å². The first-order valence-electron chi connectivity index (χ1n) is 15.7. The number of thiazole rings is 1. The summed E-state index contributed by atoms with van der Waals surface area (Å²) in [6.07, 6.45) is 3.44. The molecule has 1 atom stereocenters. The average Bonchev–Trinajstić information content (AvgIpc) is 3.72. The quantitative estimate of drug-likeness (QED) is 0.123. The van der Waals surface area contributed by atoms with E-state index in [0.717, 1.165) is 24.0 Å². The van der Waals surface area contributed by atoms with Crippen LogP contribution in [0.5, 0.6) is 5.75 Å². The number of hydrogen-bond acceptors (Lipinski definition) is 9. The molecule has 9 nitrogen and oxygen atoms in total. The number of hydrogen-bond donors (Lipinski definition) is 0. The first kappa shape index (κ1) is 32.5. The van der Waals surface area contributed by atoms with Gasteiger partial charge >= 0.3 is 11.9 Å². The molecule has 0 unspecified atom stereocenters. The van der Waals surface area contributed by atoms with E-state index in [0.29, 0.717) is 50.0 Å². The molecule has 3 heterocycles. The predicted molar refractivity (Wildman–Crippen MR) is 183 cm³/mol. The number of methoxy groups -OCH3 is 1. The van der Waals surface area contributed by atoms with Crippen LogP contribution in [0.4, 0.5) is 0 Å². The third-order valence-electron chi connectivity index (χ3n) is 7.84. The van der Waals surface area contributed by atoms with E-state index in [9.17, 15) is 14.4 Å². The molecule has 1 aliphatic rings. The summed E-state index contributed by atoms with van der Waals surface area (Å²) >= 11 is 1.21. The third-order valence-corrected chi connectivity index (χ3v) is 8.82. The summed E-state index contributed by atoms with van der Waals surface area (Å²) in [5, 5.41) is 0. The lowest BCUT2D eigenvalue weighted by molar-refractivity contribution is -0.138. The first-order chi connectivity index (χ1) is 23.4. The van der Waals surface area contributed by atoms with Crippen molar-refractivity contribution < 1.29 is 28.2 Å². The summed E-state index contributed by atoms with van der Waals surface area (Å²) in [7, 11) is 1.58. The van der Waals surface area contributed by atoms with Crippen LogP contribution < -0.4 is 19.6 Å². The Labute approximate surface area is 281 Å². The van der Waals surface area contributed by atoms with Gasteiger partial charge in [-0.05, 0) is 55.3 Å². The third kappa shape index (κ3) is 6.65. The van der Waals surface area contributed by atoms with Gasteiger partial charge in [-0.3, -0.25) is 9.36 Å². The fourth-order valence-electron chi connectivity index (χ4n) is 5.42. The fraction of sp³-hybridized carbons (Fsp3) is 0.211. The van der Waals surface area contributed by atoms with Gasteiger partial charge in [-0.1, -0.05) is 79.3 Å². The number of aromatic nitrogens is 1. The number of benzene rings is 3. The van der Waals surface area contributed by atoms with Crippen molar-refractivity contribution in [1.29, 1.82) is 0 Å². The van der Waals surface area contributed by atoms with E-state index in [1.54, 1.807) is 67.1 Å². The lowest BCUT2D eigenvalue weighted by Gasteiger charge is -2.26. The number of fused-ring (bicyclic) bond motifs is 1. The second kappa shape index (κ2) is 14.5. The number of carbonyl (C=O) groups excluding carboxylic acids is 2. The fourth-order valence-corrected chi connectivity index (χ4v) is 6.40. The van der Waals surface area contributed by atoms with Gasteiger partial charge in [0, 0.05) is 17.2 Å². The van der Waals surface area contributed by atoms with Crippen molar-refractivity contribution in [2.45, 2.75) is 32.7 Å². The zero-order valence-electron chi connectivity index (χ0n) is 26.8. The minimum Gasteiger partial charge on any atom is -0.497 e. The van der Waals surface area contributed by atoms with Crippen LogP contribution in [0.25, 0.3) is 23.1 Å². The largest absolute Gasteiger partial charge is 0.497 e. The Balaban J connectivity index is 1.42. The van der Waals surface area contributed by atoms with Gasteiger partial charge in [0.05, 0.1) is 47.7 Å². The van der Waals surface area contributed by atoms with Gasteiger partial charge in [0.2, 0.25) is 0 Å². The van der Waals surface area contributed by atoms with Gasteiger partial charge in [-0.15, -0.1) is 0 Å². The van der Waals surface area contributed by atoms with Gasteiger partial charge in [0.1, 0.15) is 17.3 Å².